The second kappa shape index (κ2) is 9.07. The number of piperazine rings is 1. The van der Waals surface area contributed by atoms with Crippen molar-refractivity contribution >= 4 is 23.4 Å². The first kappa shape index (κ1) is 18.8. The molecule has 1 amide bonds. The topological polar surface area (TPSA) is 85.2 Å². The van der Waals surface area contributed by atoms with Gasteiger partial charge in [0.2, 0.25) is 0 Å². The second-order valence-corrected chi connectivity index (χ2v) is 6.34. The highest BCUT2D eigenvalue weighted by Gasteiger charge is 2.19. The number of rotatable bonds is 6. The molecular weight excluding hydrogens is 344 g/mol. The van der Waals surface area contributed by atoms with Crippen LogP contribution in [0.4, 0.5) is 11.4 Å². The minimum atomic E-state index is -0.854. The van der Waals surface area contributed by atoms with Gasteiger partial charge in [-0.25, -0.2) is 0 Å². The Morgan fingerprint density at radius 3 is 2.52 bits per heavy atom. The van der Waals surface area contributed by atoms with E-state index in [2.05, 4.69) is 44.7 Å². The number of hydrogen-bond acceptors (Lipinski definition) is 6. The SMILES string of the molecule is O=NC(=O)c1ccc(N2CCN(C/C=C/c3ccccc3)CC2)c(NO)c1. The third-order valence-corrected chi connectivity index (χ3v) is 4.63. The van der Waals surface area contributed by atoms with Gasteiger partial charge in [0.25, 0.3) is 0 Å². The van der Waals surface area contributed by atoms with E-state index in [9.17, 15) is 14.9 Å². The standard InChI is InChI=1S/C20H22N4O3/c25-20(22-27)17-8-9-19(18(15-17)21-26)24-13-11-23(12-14-24)10-4-7-16-5-2-1-3-6-16/h1-9,15,21,26H,10-14H2/b7-4+. The average molecular weight is 366 g/mol. The predicted molar refractivity (Wildman–Crippen MR) is 106 cm³/mol. The van der Waals surface area contributed by atoms with Gasteiger partial charge in [0.1, 0.15) is 0 Å². The second-order valence-electron chi connectivity index (χ2n) is 6.34. The third kappa shape index (κ3) is 4.78. The molecule has 1 aliphatic rings. The van der Waals surface area contributed by atoms with Crippen molar-refractivity contribution in [3.8, 4) is 0 Å². The summed E-state index contributed by atoms with van der Waals surface area (Å²) in [5, 5.41) is 11.8. The summed E-state index contributed by atoms with van der Waals surface area (Å²) in [5.74, 6) is -0.854. The average Bonchev–Trinajstić information content (AvgIpc) is 2.74. The molecule has 2 aromatic carbocycles. The highest BCUT2D eigenvalue weighted by atomic mass is 16.5. The highest BCUT2D eigenvalue weighted by Crippen LogP contribution is 2.28. The fourth-order valence-electron chi connectivity index (χ4n) is 3.16. The molecule has 2 aromatic rings. The van der Waals surface area contributed by atoms with Crippen molar-refractivity contribution in [1.82, 2.24) is 4.90 Å². The molecule has 1 heterocycles. The Hall–Kier alpha value is -3.03. The lowest BCUT2D eigenvalue weighted by molar-refractivity contribution is 0.100. The zero-order chi connectivity index (χ0) is 19.1. The molecule has 7 nitrogen and oxygen atoms in total. The first-order valence-electron chi connectivity index (χ1n) is 8.82. The smallest absolute Gasteiger partial charge is 0.316 e. The van der Waals surface area contributed by atoms with E-state index < -0.39 is 5.91 Å². The van der Waals surface area contributed by atoms with Crippen LogP contribution in [0.15, 0.2) is 59.8 Å². The monoisotopic (exact) mass is 366 g/mol. The molecule has 140 valence electrons. The number of hydrogen-bond donors (Lipinski definition) is 2. The molecule has 2 N–H and O–H groups in total. The minimum absolute atomic E-state index is 0.148. The molecule has 7 heteroatoms. The van der Waals surface area contributed by atoms with Crippen LogP contribution in [0.2, 0.25) is 0 Å². The van der Waals surface area contributed by atoms with Crippen molar-refractivity contribution in [2.24, 2.45) is 5.18 Å². The predicted octanol–water partition coefficient (Wildman–Crippen LogP) is 3.23. The number of nitrogens with zero attached hydrogens (tertiary/aromatic N) is 3. The van der Waals surface area contributed by atoms with E-state index >= 15 is 0 Å². The van der Waals surface area contributed by atoms with Gasteiger partial charge in [-0.1, -0.05) is 42.5 Å². The van der Waals surface area contributed by atoms with E-state index in [0.717, 1.165) is 38.4 Å². The summed E-state index contributed by atoms with van der Waals surface area (Å²) in [6.45, 7) is 4.26. The summed E-state index contributed by atoms with van der Waals surface area (Å²) in [5.41, 5.74) is 4.63. The van der Waals surface area contributed by atoms with Gasteiger partial charge in [-0.3, -0.25) is 20.4 Å². The fourth-order valence-corrected chi connectivity index (χ4v) is 3.16. The molecule has 1 fully saturated rings. The molecule has 1 saturated heterocycles. The van der Waals surface area contributed by atoms with Gasteiger partial charge in [-0.2, -0.15) is 0 Å². The van der Waals surface area contributed by atoms with E-state index in [1.807, 2.05) is 18.2 Å². The number of carbonyl (C=O) groups is 1. The van der Waals surface area contributed by atoms with Crippen molar-refractivity contribution in [2.75, 3.05) is 43.1 Å². The molecule has 0 bridgehead atoms. The Bertz CT molecular complexity index is 815. The van der Waals surface area contributed by atoms with Gasteiger partial charge < -0.3 is 4.90 Å². The lowest BCUT2D eigenvalue weighted by Gasteiger charge is -2.36. The Morgan fingerprint density at radius 1 is 1.11 bits per heavy atom. The van der Waals surface area contributed by atoms with Crippen molar-refractivity contribution in [3.63, 3.8) is 0 Å². The van der Waals surface area contributed by atoms with Crippen LogP contribution in [-0.4, -0.2) is 48.7 Å². The molecule has 0 aliphatic carbocycles. The number of nitroso groups, excluding NO2 is 1. The summed E-state index contributed by atoms with van der Waals surface area (Å²) in [4.78, 5) is 26.3. The Balaban J connectivity index is 1.58. The number of nitrogens with one attached hydrogen (secondary N) is 1. The van der Waals surface area contributed by atoms with Crippen molar-refractivity contribution in [1.29, 1.82) is 0 Å². The molecule has 0 saturated carbocycles. The molecule has 1 aliphatic heterocycles. The molecule has 0 spiro atoms. The largest absolute Gasteiger partial charge is 0.367 e. The molecular formula is C20H22N4O3. The van der Waals surface area contributed by atoms with Crippen LogP contribution in [0.1, 0.15) is 15.9 Å². The summed E-state index contributed by atoms with van der Waals surface area (Å²) >= 11 is 0. The zero-order valence-corrected chi connectivity index (χ0v) is 14.9. The van der Waals surface area contributed by atoms with E-state index in [-0.39, 0.29) is 5.56 Å². The molecule has 27 heavy (non-hydrogen) atoms. The van der Waals surface area contributed by atoms with Gasteiger partial charge >= 0.3 is 5.91 Å². The number of amides is 1. The number of anilines is 2. The summed E-state index contributed by atoms with van der Waals surface area (Å²) in [6.07, 6.45) is 4.29. The maximum atomic E-state index is 11.4. The van der Waals surface area contributed by atoms with Gasteiger partial charge in [-0.05, 0) is 23.8 Å². The van der Waals surface area contributed by atoms with Crippen LogP contribution in [-0.2, 0) is 0 Å². The van der Waals surface area contributed by atoms with Crippen LogP contribution in [0.3, 0.4) is 0 Å². The Morgan fingerprint density at radius 2 is 1.85 bits per heavy atom. The first-order valence-corrected chi connectivity index (χ1v) is 8.82. The van der Waals surface area contributed by atoms with E-state index in [1.54, 1.807) is 12.1 Å². The zero-order valence-electron chi connectivity index (χ0n) is 14.9. The minimum Gasteiger partial charge on any atom is -0.367 e. The lowest BCUT2D eigenvalue weighted by atomic mass is 10.1. The summed E-state index contributed by atoms with van der Waals surface area (Å²) in [6, 6.07) is 14.9. The van der Waals surface area contributed by atoms with Crippen LogP contribution in [0.25, 0.3) is 6.08 Å². The van der Waals surface area contributed by atoms with Crippen molar-refractivity contribution < 1.29 is 10.0 Å². The number of benzene rings is 2. The Kier molecular flexibility index (Phi) is 6.30. The highest BCUT2D eigenvalue weighted by molar-refractivity contribution is 5.96. The normalized spacial score (nSPS) is 15.1. The van der Waals surface area contributed by atoms with Gasteiger partial charge in [0.15, 0.2) is 0 Å². The lowest BCUT2D eigenvalue weighted by Crippen LogP contribution is -2.46. The number of carbonyl (C=O) groups excluding carboxylic acids is 1. The van der Waals surface area contributed by atoms with Crippen LogP contribution in [0.5, 0.6) is 0 Å². The van der Waals surface area contributed by atoms with Crippen LogP contribution in [0, 0.1) is 4.91 Å². The van der Waals surface area contributed by atoms with Crippen LogP contribution < -0.4 is 10.4 Å². The quantitative estimate of drug-likeness (QED) is 0.603. The maximum absolute atomic E-state index is 11.4. The Labute approximate surface area is 157 Å². The molecule has 0 atom stereocenters. The molecule has 0 aromatic heterocycles. The van der Waals surface area contributed by atoms with Crippen molar-refractivity contribution in [2.45, 2.75) is 0 Å². The molecule has 3 rings (SSSR count). The molecule has 0 unspecified atom stereocenters. The summed E-state index contributed by atoms with van der Waals surface area (Å²) < 4.78 is 0. The maximum Gasteiger partial charge on any atom is 0.316 e. The fraction of sp³-hybridized carbons (Fsp3) is 0.250. The summed E-state index contributed by atoms with van der Waals surface area (Å²) in [7, 11) is 0. The van der Waals surface area contributed by atoms with Crippen LogP contribution >= 0.6 is 0 Å². The van der Waals surface area contributed by atoms with Gasteiger partial charge in [0, 0.05) is 43.5 Å². The van der Waals surface area contributed by atoms with E-state index in [4.69, 9.17) is 0 Å². The van der Waals surface area contributed by atoms with Gasteiger partial charge in [0.05, 0.1) is 11.4 Å². The van der Waals surface area contributed by atoms with Crippen molar-refractivity contribution in [3.05, 3.63) is 70.6 Å². The van der Waals surface area contributed by atoms with E-state index in [1.165, 1.54) is 11.6 Å². The van der Waals surface area contributed by atoms with E-state index in [0.29, 0.717) is 5.69 Å². The molecule has 0 radical (unpaired) electrons. The third-order valence-electron chi connectivity index (χ3n) is 4.63. The first-order chi connectivity index (χ1) is 13.2. The van der Waals surface area contributed by atoms with Gasteiger partial charge in [-0.15, -0.1) is 4.91 Å².